The van der Waals surface area contributed by atoms with Gasteiger partial charge in [-0.05, 0) is 29.9 Å². The lowest BCUT2D eigenvalue weighted by Crippen LogP contribution is -2.35. The molecule has 3 nitrogen and oxygen atoms in total. The first kappa shape index (κ1) is 14.3. The van der Waals surface area contributed by atoms with E-state index in [4.69, 9.17) is 11.1 Å². The van der Waals surface area contributed by atoms with Gasteiger partial charge in [-0.25, -0.2) is 0 Å². The van der Waals surface area contributed by atoms with Crippen molar-refractivity contribution in [2.45, 2.75) is 31.3 Å². The van der Waals surface area contributed by atoms with Crippen LogP contribution in [0.1, 0.15) is 29.2 Å². The van der Waals surface area contributed by atoms with Crippen molar-refractivity contribution >= 4 is 17.2 Å². The van der Waals surface area contributed by atoms with Crippen LogP contribution in [0.25, 0.3) is 0 Å². The van der Waals surface area contributed by atoms with Gasteiger partial charge in [-0.2, -0.15) is 0 Å². The molecule has 1 fully saturated rings. The van der Waals surface area contributed by atoms with Gasteiger partial charge < -0.3 is 5.73 Å². The Morgan fingerprint density at radius 1 is 1.24 bits per heavy atom. The number of rotatable bonds is 7. The van der Waals surface area contributed by atoms with Gasteiger partial charge in [0.05, 0.1) is 11.8 Å². The van der Waals surface area contributed by atoms with E-state index in [0.717, 1.165) is 18.7 Å². The molecule has 1 heterocycles. The summed E-state index contributed by atoms with van der Waals surface area (Å²) in [7, 11) is 0. The summed E-state index contributed by atoms with van der Waals surface area (Å²) in [5.41, 5.74) is 7.01. The second-order valence-corrected chi connectivity index (χ2v) is 6.69. The summed E-state index contributed by atoms with van der Waals surface area (Å²) in [6.07, 6.45) is 2.54. The second-order valence-electron chi connectivity index (χ2n) is 5.66. The molecule has 0 bridgehead atoms. The molecule has 2 aromatic rings. The SMILES string of the molecule is N=C(N)C(CN(Cc1cccs1)C1CC1)c1ccccc1. The molecular formula is C17H21N3S. The normalized spacial score (nSPS) is 16.0. The Balaban J connectivity index is 1.75. The molecule has 3 rings (SSSR count). The summed E-state index contributed by atoms with van der Waals surface area (Å²) in [5.74, 6) is 0.254. The van der Waals surface area contributed by atoms with Crippen LogP contribution in [0.3, 0.4) is 0 Å². The molecule has 0 amide bonds. The molecular weight excluding hydrogens is 278 g/mol. The van der Waals surface area contributed by atoms with Crippen LogP contribution in [0.15, 0.2) is 47.8 Å². The van der Waals surface area contributed by atoms with Gasteiger partial charge in [0.15, 0.2) is 0 Å². The minimum absolute atomic E-state index is 0.00763. The molecule has 4 heteroatoms. The maximum absolute atomic E-state index is 7.95. The van der Waals surface area contributed by atoms with Gasteiger partial charge in [-0.1, -0.05) is 36.4 Å². The average Bonchev–Trinajstić information content (AvgIpc) is 3.21. The highest BCUT2D eigenvalue weighted by molar-refractivity contribution is 7.09. The maximum atomic E-state index is 7.95. The van der Waals surface area contributed by atoms with E-state index in [9.17, 15) is 0 Å². The van der Waals surface area contributed by atoms with Gasteiger partial charge in [0.25, 0.3) is 0 Å². The first-order valence-corrected chi connectivity index (χ1v) is 8.27. The van der Waals surface area contributed by atoms with Gasteiger partial charge in [0.1, 0.15) is 0 Å². The highest BCUT2D eigenvalue weighted by Gasteiger charge is 2.31. The number of amidine groups is 1. The van der Waals surface area contributed by atoms with Crippen molar-refractivity contribution in [3.05, 3.63) is 58.3 Å². The maximum Gasteiger partial charge on any atom is 0.0995 e. The molecule has 110 valence electrons. The lowest BCUT2D eigenvalue weighted by molar-refractivity contribution is 0.254. The number of hydrogen-bond donors (Lipinski definition) is 2. The minimum atomic E-state index is -0.00763. The fraction of sp³-hybridized carbons (Fsp3) is 0.353. The second kappa shape index (κ2) is 6.41. The predicted octanol–water partition coefficient (Wildman–Crippen LogP) is 3.43. The molecule has 1 atom stereocenters. The third-order valence-corrected chi connectivity index (χ3v) is 4.86. The molecule has 21 heavy (non-hydrogen) atoms. The zero-order valence-corrected chi connectivity index (χ0v) is 12.9. The van der Waals surface area contributed by atoms with E-state index in [1.165, 1.54) is 17.7 Å². The quantitative estimate of drug-likeness (QED) is 0.608. The molecule has 0 spiro atoms. The monoisotopic (exact) mass is 299 g/mol. The summed E-state index contributed by atoms with van der Waals surface area (Å²) < 4.78 is 0. The van der Waals surface area contributed by atoms with Gasteiger partial charge >= 0.3 is 0 Å². The van der Waals surface area contributed by atoms with E-state index in [2.05, 4.69) is 34.5 Å². The van der Waals surface area contributed by atoms with E-state index < -0.39 is 0 Å². The summed E-state index contributed by atoms with van der Waals surface area (Å²) >= 11 is 1.80. The van der Waals surface area contributed by atoms with Gasteiger partial charge in [-0.15, -0.1) is 11.3 Å². The zero-order chi connectivity index (χ0) is 14.7. The van der Waals surface area contributed by atoms with Gasteiger partial charge in [0, 0.05) is 24.0 Å². The first-order chi connectivity index (χ1) is 10.2. The average molecular weight is 299 g/mol. The third-order valence-electron chi connectivity index (χ3n) is 4.00. The molecule has 0 radical (unpaired) electrons. The standard InChI is InChI=1S/C17H21N3S/c18-17(19)16(13-5-2-1-3-6-13)12-20(14-8-9-14)11-15-7-4-10-21-15/h1-7,10,14,16H,8-9,11-12H2,(H3,18,19). The molecule has 0 aliphatic heterocycles. The van der Waals surface area contributed by atoms with Crippen molar-refractivity contribution in [2.24, 2.45) is 5.73 Å². The molecule has 1 saturated carbocycles. The summed E-state index contributed by atoms with van der Waals surface area (Å²) in [6, 6.07) is 15.1. The van der Waals surface area contributed by atoms with Crippen molar-refractivity contribution in [1.82, 2.24) is 4.90 Å². The van der Waals surface area contributed by atoms with E-state index in [0.29, 0.717) is 6.04 Å². The van der Waals surface area contributed by atoms with Crippen LogP contribution >= 0.6 is 11.3 Å². The number of nitrogens with zero attached hydrogens (tertiary/aromatic N) is 1. The Bertz CT molecular complexity index is 575. The van der Waals surface area contributed by atoms with E-state index in [1.54, 1.807) is 11.3 Å². The highest BCUT2D eigenvalue weighted by atomic mass is 32.1. The summed E-state index contributed by atoms with van der Waals surface area (Å²) in [6.45, 7) is 1.81. The molecule has 1 unspecified atom stereocenters. The largest absolute Gasteiger partial charge is 0.387 e. The zero-order valence-electron chi connectivity index (χ0n) is 12.0. The van der Waals surface area contributed by atoms with Crippen molar-refractivity contribution < 1.29 is 0 Å². The van der Waals surface area contributed by atoms with E-state index in [1.807, 2.05) is 18.2 Å². The van der Waals surface area contributed by atoms with Crippen LogP contribution in [0.2, 0.25) is 0 Å². The summed E-state index contributed by atoms with van der Waals surface area (Å²) in [4.78, 5) is 3.88. The number of hydrogen-bond acceptors (Lipinski definition) is 3. The molecule has 3 N–H and O–H groups in total. The van der Waals surface area contributed by atoms with E-state index >= 15 is 0 Å². The molecule has 1 aliphatic rings. The van der Waals surface area contributed by atoms with Gasteiger partial charge in [0.2, 0.25) is 0 Å². The molecule has 1 aliphatic carbocycles. The number of benzene rings is 1. The van der Waals surface area contributed by atoms with Crippen LogP contribution in [-0.2, 0) is 6.54 Å². The van der Waals surface area contributed by atoms with Crippen LogP contribution in [0.4, 0.5) is 0 Å². The Labute approximate surface area is 129 Å². The molecule has 0 saturated heterocycles. The van der Waals surface area contributed by atoms with Crippen molar-refractivity contribution in [3.8, 4) is 0 Å². The predicted molar refractivity (Wildman–Crippen MR) is 88.8 cm³/mol. The first-order valence-electron chi connectivity index (χ1n) is 7.39. The molecule has 1 aromatic heterocycles. The molecule has 1 aromatic carbocycles. The van der Waals surface area contributed by atoms with Crippen LogP contribution < -0.4 is 5.73 Å². The lowest BCUT2D eigenvalue weighted by atomic mass is 9.97. The number of thiophene rings is 1. The highest BCUT2D eigenvalue weighted by Crippen LogP contribution is 2.31. The fourth-order valence-corrected chi connectivity index (χ4v) is 3.42. The topological polar surface area (TPSA) is 53.1 Å². The summed E-state index contributed by atoms with van der Waals surface area (Å²) in [5, 5.41) is 10.1. The van der Waals surface area contributed by atoms with Crippen molar-refractivity contribution in [1.29, 1.82) is 5.41 Å². The van der Waals surface area contributed by atoms with Crippen LogP contribution in [0, 0.1) is 5.41 Å². The number of nitrogens with two attached hydrogens (primary N) is 1. The van der Waals surface area contributed by atoms with Crippen molar-refractivity contribution in [3.63, 3.8) is 0 Å². The smallest absolute Gasteiger partial charge is 0.0995 e. The Kier molecular flexibility index (Phi) is 4.36. The van der Waals surface area contributed by atoms with Gasteiger partial charge in [-0.3, -0.25) is 10.3 Å². The van der Waals surface area contributed by atoms with Crippen LogP contribution in [0.5, 0.6) is 0 Å². The number of nitrogens with one attached hydrogen (secondary N) is 1. The Hall–Kier alpha value is -1.65. The third kappa shape index (κ3) is 3.71. The van der Waals surface area contributed by atoms with E-state index in [-0.39, 0.29) is 11.8 Å². The fourth-order valence-electron chi connectivity index (χ4n) is 2.69. The lowest BCUT2D eigenvalue weighted by Gasteiger charge is -2.27. The Morgan fingerprint density at radius 2 is 2.00 bits per heavy atom. The van der Waals surface area contributed by atoms with Crippen LogP contribution in [-0.4, -0.2) is 23.3 Å². The Morgan fingerprint density at radius 3 is 2.57 bits per heavy atom. The van der Waals surface area contributed by atoms with Crippen molar-refractivity contribution in [2.75, 3.05) is 6.54 Å². The minimum Gasteiger partial charge on any atom is -0.387 e.